The highest BCUT2D eigenvalue weighted by Gasteiger charge is 2.20. The van der Waals surface area contributed by atoms with Crippen LogP contribution < -0.4 is 0 Å². The number of hydrogen-bond donors (Lipinski definition) is 1. The van der Waals surface area contributed by atoms with Gasteiger partial charge in [0.1, 0.15) is 0 Å². The van der Waals surface area contributed by atoms with Gasteiger partial charge in [-0.2, -0.15) is 0 Å². The van der Waals surface area contributed by atoms with E-state index in [1.165, 1.54) is 22.3 Å². The van der Waals surface area contributed by atoms with Crippen molar-refractivity contribution in [1.29, 1.82) is 0 Å². The van der Waals surface area contributed by atoms with Crippen molar-refractivity contribution >= 4 is 0 Å². The highest BCUT2D eigenvalue weighted by Crippen LogP contribution is 2.38. The van der Waals surface area contributed by atoms with Gasteiger partial charge in [-0.1, -0.05) is 50.2 Å². The molecule has 0 aliphatic heterocycles. The standard InChI is InChI=1S/C17H18O/c1-11(2)17(18)14-8-7-13-9-12-5-3-4-6-15(12)16(13)10-14/h3-8,10-11,17-18H,9H2,1-2H3. The first-order valence-corrected chi connectivity index (χ1v) is 6.56. The van der Waals surface area contributed by atoms with Crippen molar-refractivity contribution < 1.29 is 5.11 Å². The van der Waals surface area contributed by atoms with Crippen LogP contribution >= 0.6 is 0 Å². The second-order valence-electron chi connectivity index (χ2n) is 5.44. The first-order valence-electron chi connectivity index (χ1n) is 6.56. The lowest BCUT2D eigenvalue weighted by molar-refractivity contribution is 0.127. The van der Waals surface area contributed by atoms with E-state index < -0.39 is 0 Å². The minimum atomic E-state index is -0.372. The summed E-state index contributed by atoms with van der Waals surface area (Å²) in [7, 11) is 0. The molecule has 0 saturated carbocycles. The molecule has 0 heterocycles. The summed E-state index contributed by atoms with van der Waals surface area (Å²) in [5, 5.41) is 10.2. The minimum Gasteiger partial charge on any atom is -0.388 e. The quantitative estimate of drug-likeness (QED) is 0.716. The monoisotopic (exact) mass is 238 g/mol. The van der Waals surface area contributed by atoms with Crippen molar-refractivity contribution in [1.82, 2.24) is 0 Å². The predicted octanol–water partition coefficient (Wildman–Crippen LogP) is 3.95. The summed E-state index contributed by atoms with van der Waals surface area (Å²) in [4.78, 5) is 0. The third-order valence-corrected chi connectivity index (χ3v) is 3.80. The Labute approximate surface area is 108 Å². The second kappa shape index (κ2) is 4.25. The average molecular weight is 238 g/mol. The van der Waals surface area contributed by atoms with Crippen LogP contribution in [0.4, 0.5) is 0 Å². The minimum absolute atomic E-state index is 0.250. The molecule has 92 valence electrons. The van der Waals surface area contributed by atoms with Crippen molar-refractivity contribution in [3.63, 3.8) is 0 Å². The third-order valence-electron chi connectivity index (χ3n) is 3.80. The van der Waals surface area contributed by atoms with Crippen LogP contribution in [-0.4, -0.2) is 5.11 Å². The predicted molar refractivity (Wildman–Crippen MR) is 74.5 cm³/mol. The van der Waals surface area contributed by atoms with Crippen molar-refractivity contribution in [2.24, 2.45) is 5.92 Å². The summed E-state index contributed by atoms with van der Waals surface area (Å²) in [6.45, 7) is 4.09. The highest BCUT2D eigenvalue weighted by molar-refractivity contribution is 5.77. The lowest BCUT2D eigenvalue weighted by atomic mass is 9.95. The third kappa shape index (κ3) is 1.75. The van der Waals surface area contributed by atoms with Crippen molar-refractivity contribution in [2.75, 3.05) is 0 Å². The summed E-state index contributed by atoms with van der Waals surface area (Å²) in [5.41, 5.74) is 6.41. The summed E-state index contributed by atoms with van der Waals surface area (Å²) in [5.74, 6) is 0.250. The molecule has 0 saturated heterocycles. The van der Waals surface area contributed by atoms with Crippen LogP contribution in [0.15, 0.2) is 42.5 Å². The van der Waals surface area contributed by atoms with Crippen molar-refractivity contribution in [3.05, 3.63) is 59.2 Å². The molecular weight excluding hydrogens is 220 g/mol. The maximum Gasteiger partial charge on any atom is 0.0813 e. The number of fused-ring (bicyclic) bond motifs is 3. The lowest BCUT2D eigenvalue weighted by Gasteiger charge is -2.16. The number of aliphatic hydroxyl groups excluding tert-OH is 1. The lowest BCUT2D eigenvalue weighted by Crippen LogP contribution is -2.05. The van der Waals surface area contributed by atoms with Gasteiger partial charge in [-0.25, -0.2) is 0 Å². The van der Waals surface area contributed by atoms with E-state index in [-0.39, 0.29) is 12.0 Å². The molecule has 2 aromatic carbocycles. The van der Waals surface area contributed by atoms with Gasteiger partial charge in [-0.15, -0.1) is 0 Å². The van der Waals surface area contributed by atoms with E-state index in [0.717, 1.165) is 12.0 Å². The van der Waals surface area contributed by atoms with Crippen LogP contribution in [0.5, 0.6) is 0 Å². The Bertz CT molecular complexity index is 584. The fourth-order valence-electron chi connectivity index (χ4n) is 2.71. The molecule has 1 N–H and O–H groups in total. The molecule has 3 rings (SSSR count). The Morgan fingerprint density at radius 2 is 1.67 bits per heavy atom. The number of benzene rings is 2. The van der Waals surface area contributed by atoms with Crippen LogP contribution in [0.1, 0.15) is 36.6 Å². The molecule has 1 unspecified atom stereocenters. The Hall–Kier alpha value is -1.60. The zero-order chi connectivity index (χ0) is 12.7. The van der Waals surface area contributed by atoms with E-state index in [1.54, 1.807) is 0 Å². The van der Waals surface area contributed by atoms with E-state index in [0.29, 0.717) is 0 Å². The van der Waals surface area contributed by atoms with Gasteiger partial charge >= 0.3 is 0 Å². The highest BCUT2D eigenvalue weighted by atomic mass is 16.3. The van der Waals surface area contributed by atoms with Gasteiger partial charge in [0, 0.05) is 0 Å². The van der Waals surface area contributed by atoms with Gasteiger partial charge in [0.25, 0.3) is 0 Å². The molecule has 1 aliphatic carbocycles. The Morgan fingerprint density at radius 3 is 2.44 bits per heavy atom. The van der Waals surface area contributed by atoms with Crippen LogP contribution in [-0.2, 0) is 6.42 Å². The van der Waals surface area contributed by atoms with E-state index in [9.17, 15) is 5.11 Å². The summed E-state index contributed by atoms with van der Waals surface area (Å²) < 4.78 is 0. The number of rotatable bonds is 2. The summed E-state index contributed by atoms with van der Waals surface area (Å²) in [6.07, 6.45) is 0.645. The number of aliphatic hydroxyl groups is 1. The van der Waals surface area contributed by atoms with Gasteiger partial charge in [-0.3, -0.25) is 0 Å². The van der Waals surface area contributed by atoms with Crippen LogP contribution in [0.3, 0.4) is 0 Å². The zero-order valence-electron chi connectivity index (χ0n) is 10.9. The molecule has 0 fully saturated rings. The van der Waals surface area contributed by atoms with Gasteiger partial charge in [0.15, 0.2) is 0 Å². The fourth-order valence-corrected chi connectivity index (χ4v) is 2.71. The second-order valence-corrected chi connectivity index (χ2v) is 5.44. The molecule has 0 bridgehead atoms. The first kappa shape index (κ1) is 11.5. The molecule has 0 amide bonds. The average Bonchev–Trinajstić information content (AvgIpc) is 2.75. The van der Waals surface area contributed by atoms with Gasteiger partial charge < -0.3 is 5.11 Å². The van der Waals surface area contributed by atoms with Crippen molar-refractivity contribution in [2.45, 2.75) is 26.4 Å². The molecule has 0 aromatic heterocycles. The van der Waals surface area contributed by atoms with Gasteiger partial charge in [0.05, 0.1) is 6.10 Å². The molecular formula is C17H18O. The Kier molecular flexibility index (Phi) is 2.71. The van der Waals surface area contributed by atoms with Crippen LogP contribution in [0.25, 0.3) is 11.1 Å². The van der Waals surface area contributed by atoms with Gasteiger partial charge in [0.2, 0.25) is 0 Å². The Balaban J connectivity index is 2.08. The normalized spacial score (nSPS) is 14.4. The van der Waals surface area contributed by atoms with E-state index in [4.69, 9.17) is 0 Å². The molecule has 0 radical (unpaired) electrons. The van der Waals surface area contributed by atoms with E-state index in [1.807, 2.05) is 13.8 Å². The summed E-state index contributed by atoms with van der Waals surface area (Å²) in [6, 6.07) is 14.9. The Morgan fingerprint density at radius 1 is 0.944 bits per heavy atom. The fraction of sp³-hybridized carbons (Fsp3) is 0.294. The maximum absolute atomic E-state index is 10.2. The maximum atomic E-state index is 10.2. The van der Waals surface area contributed by atoms with Gasteiger partial charge in [-0.05, 0) is 46.2 Å². The van der Waals surface area contributed by atoms with E-state index in [2.05, 4.69) is 42.5 Å². The molecule has 2 aromatic rings. The topological polar surface area (TPSA) is 20.2 Å². The molecule has 1 heteroatoms. The van der Waals surface area contributed by atoms with Crippen LogP contribution in [0, 0.1) is 5.92 Å². The molecule has 1 aliphatic rings. The van der Waals surface area contributed by atoms with Crippen LogP contribution in [0.2, 0.25) is 0 Å². The molecule has 1 atom stereocenters. The summed E-state index contributed by atoms with van der Waals surface area (Å²) >= 11 is 0. The molecule has 0 spiro atoms. The van der Waals surface area contributed by atoms with Crippen molar-refractivity contribution in [3.8, 4) is 11.1 Å². The first-order chi connectivity index (χ1) is 8.66. The number of hydrogen-bond acceptors (Lipinski definition) is 1. The molecule has 1 nitrogen and oxygen atoms in total. The molecule has 18 heavy (non-hydrogen) atoms. The smallest absolute Gasteiger partial charge is 0.0813 e. The largest absolute Gasteiger partial charge is 0.388 e. The SMILES string of the molecule is CC(C)C(O)c1ccc2c(c1)-c1ccccc1C2. The zero-order valence-corrected chi connectivity index (χ0v) is 10.9. The van der Waals surface area contributed by atoms with E-state index >= 15 is 0 Å².